The highest BCUT2D eigenvalue weighted by atomic mass is 15.2. The predicted octanol–water partition coefficient (Wildman–Crippen LogP) is 3.28. The van der Waals surface area contributed by atoms with Crippen molar-refractivity contribution < 1.29 is 0 Å². The zero-order valence-electron chi connectivity index (χ0n) is 10.4. The summed E-state index contributed by atoms with van der Waals surface area (Å²) in [5.41, 5.74) is 0. The van der Waals surface area contributed by atoms with Crippen LogP contribution in [-0.4, -0.2) is 15.6 Å². The third-order valence-electron chi connectivity index (χ3n) is 3.61. The van der Waals surface area contributed by atoms with E-state index in [1.54, 1.807) is 0 Å². The second kappa shape index (κ2) is 5.37. The molecule has 0 amide bonds. The van der Waals surface area contributed by atoms with Gasteiger partial charge in [0.15, 0.2) is 0 Å². The summed E-state index contributed by atoms with van der Waals surface area (Å²) in [6.45, 7) is 5.61. The Hall–Kier alpha value is -0.990. The van der Waals surface area contributed by atoms with Crippen molar-refractivity contribution in [2.45, 2.75) is 58.5 Å². The number of rotatable bonds is 4. The van der Waals surface area contributed by atoms with Crippen LogP contribution in [0.3, 0.4) is 0 Å². The van der Waals surface area contributed by atoms with E-state index in [0.717, 1.165) is 24.8 Å². The largest absolute Gasteiger partial charge is 0.353 e. The fourth-order valence-corrected chi connectivity index (χ4v) is 2.57. The third kappa shape index (κ3) is 2.57. The first-order chi connectivity index (χ1) is 7.81. The van der Waals surface area contributed by atoms with E-state index in [-0.39, 0.29) is 0 Å². The average Bonchev–Trinajstić information content (AvgIpc) is 2.70. The molecule has 1 aromatic rings. The maximum atomic E-state index is 4.42. The standard InChI is InChI=1S/C13H23N3/c1-3-9-16-10-8-14-13(16)15-12-7-5-4-6-11(12)2/h8,10-12H,3-7,9H2,1-2H3,(H,14,15). The van der Waals surface area contributed by atoms with Gasteiger partial charge in [-0.2, -0.15) is 0 Å². The Bertz CT molecular complexity index is 319. The Kier molecular flexibility index (Phi) is 3.86. The fourth-order valence-electron chi connectivity index (χ4n) is 2.57. The zero-order chi connectivity index (χ0) is 11.4. The van der Waals surface area contributed by atoms with E-state index in [1.807, 2.05) is 6.20 Å². The molecule has 0 aliphatic heterocycles. The molecule has 2 unspecified atom stereocenters. The molecule has 2 atom stereocenters. The smallest absolute Gasteiger partial charge is 0.202 e. The molecule has 1 N–H and O–H groups in total. The molecule has 2 rings (SSSR count). The van der Waals surface area contributed by atoms with Gasteiger partial charge in [-0.05, 0) is 25.2 Å². The molecule has 3 nitrogen and oxygen atoms in total. The molecule has 16 heavy (non-hydrogen) atoms. The number of anilines is 1. The van der Waals surface area contributed by atoms with E-state index < -0.39 is 0 Å². The highest BCUT2D eigenvalue weighted by Crippen LogP contribution is 2.26. The second-order valence-corrected chi connectivity index (χ2v) is 4.96. The summed E-state index contributed by atoms with van der Waals surface area (Å²) in [5.74, 6) is 1.83. The summed E-state index contributed by atoms with van der Waals surface area (Å²) < 4.78 is 2.22. The molecular weight excluding hydrogens is 198 g/mol. The van der Waals surface area contributed by atoms with E-state index in [0.29, 0.717) is 6.04 Å². The van der Waals surface area contributed by atoms with Gasteiger partial charge in [0.25, 0.3) is 0 Å². The van der Waals surface area contributed by atoms with Gasteiger partial charge in [0, 0.05) is 25.0 Å². The second-order valence-electron chi connectivity index (χ2n) is 4.96. The lowest BCUT2D eigenvalue weighted by Crippen LogP contribution is -2.31. The summed E-state index contributed by atoms with van der Waals surface area (Å²) >= 11 is 0. The number of hydrogen-bond acceptors (Lipinski definition) is 2. The lowest BCUT2D eigenvalue weighted by atomic mass is 9.86. The van der Waals surface area contributed by atoms with Gasteiger partial charge in [-0.1, -0.05) is 26.7 Å². The minimum absolute atomic E-state index is 0.617. The van der Waals surface area contributed by atoms with Gasteiger partial charge in [-0.15, -0.1) is 0 Å². The molecule has 0 spiro atoms. The number of aryl methyl sites for hydroxylation is 1. The Labute approximate surface area is 98.3 Å². The van der Waals surface area contributed by atoms with E-state index in [2.05, 4.69) is 34.9 Å². The summed E-state index contributed by atoms with van der Waals surface area (Å²) in [5, 5.41) is 3.62. The van der Waals surface area contributed by atoms with Crippen molar-refractivity contribution in [1.29, 1.82) is 0 Å². The van der Waals surface area contributed by atoms with E-state index in [1.165, 1.54) is 25.7 Å². The Morgan fingerprint density at radius 3 is 3.00 bits per heavy atom. The van der Waals surface area contributed by atoms with Crippen molar-refractivity contribution in [1.82, 2.24) is 9.55 Å². The molecule has 1 heterocycles. The maximum Gasteiger partial charge on any atom is 0.202 e. The number of nitrogens with one attached hydrogen (secondary N) is 1. The molecule has 90 valence electrons. The lowest BCUT2D eigenvalue weighted by molar-refractivity contribution is 0.347. The van der Waals surface area contributed by atoms with Gasteiger partial charge in [0.2, 0.25) is 5.95 Å². The first-order valence-corrected chi connectivity index (χ1v) is 6.59. The molecule has 3 heteroatoms. The fraction of sp³-hybridized carbons (Fsp3) is 0.769. The van der Waals surface area contributed by atoms with Crippen LogP contribution in [0.1, 0.15) is 46.0 Å². The van der Waals surface area contributed by atoms with Gasteiger partial charge in [-0.25, -0.2) is 4.98 Å². The van der Waals surface area contributed by atoms with Crippen molar-refractivity contribution in [3.05, 3.63) is 12.4 Å². The Balaban J connectivity index is 1.99. The third-order valence-corrected chi connectivity index (χ3v) is 3.61. The summed E-state index contributed by atoms with van der Waals surface area (Å²) in [6, 6.07) is 0.617. The minimum Gasteiger partial charge on any atom is -0.353 e. The molecule has 0 bridgehead atoms. The van der Waals surface area contributed by atoms with Crippen molar-refractivity contribution >= 4 is 5.95 Å². The summed E-state index contributed by atoms with van der Waals surface area (Å²) in [6.07, 6.45) is 10.5. The average molecular weight is 221 g/mol. The number of nitrogens with zero attached hydrogens (tertiary/aromatic N) is 2. The molecule has 0 aromatic carbocycles. The summed E-state index contributed by atoms with van der Waals surface area (Å²) in [4.78, 5) is 4.42. The van der Waals surface area contributed by atoms with E-state index in [9.17, 15) is 0 Å². The predicted molar refractivity (Wildman–Crippen MR) is 67.6 cm³/mol. The molecule has 0 radical (unpaired) electrons. The van der Waals surface area contributed by atoms with Crippen LogP contribution >= 0.6 is 0 Å². The molecular formula is C13H23N3. The monoisotopic (exact) mass is 221 g/mol. The van der Waals surface area contributed by atoms with E-state index in [4.69, 9.17) is 0 Å². The Morgan fingerprint density at radius 1 is 1.44 bits per heavy atom. The minimum atomic E-state index is 0.617. The van der Waals surface area contributed by atoms with Crippen LogP contribution in [0.2, 0.25) is 0 Å². The normalized spacial score (nSPS) is 25.6. The first kappa shape index (κ1) is 11.5. The zero-order valence-corrected chi connectivity index (χ0v) is 10.4. The topological polar surface area (TPSA) is 29.9 Å². The van der Waals surface area contributed by atoms with Crippen LogP contribution in [0.5, 0.6) is 0 Å². The van der Waals surface area contributed by atoms with Gasteiger partial charge in [-0.3, -0.25) is 0 Å². The SMILES string of the molecule is CCCn1ccnc1NC1CCCCC1C. The highest BCUT2D eigenvalue weighted by Gasteiger charge is 2.22. The van der Waals surface area contributed by atoms with Crippen LogP contribution in [-0.2, 0) is 6.54 Å². The van der Waals surface area contributed by atoms with Crippen LogP contribution in [0.15, 0.2) is 12.4 Å². The van der Waals surface area contributed by atoms with Crippen LogP contribution in [0.4, 0.5) is 5.95 Å². The highest BCUT2D eigenvalue weighted by molar-refractivity contribution is 5.28. The lowest BCUT2D eigenvalue weighted by Gasteiger charge is -2.30. The van der Waals surface area contributed by atoms with Crippen molar-refractivity contribution in [3.8, 4) is 0 Å². The molecule has 0 saturated heterocycles. The van der Waals surface area contributed by atoms with Crippen LogP contribution < -0.4 is 5.32 Å². The molecule has 1 saturated carbocycles. The molecule has 1 fully saturated rings. The van der Waals surface area contributed by atoms with Gasteiger partial charge < -0.3 is 9.88 Å². The van der Waals surface area contributed by atoms with Crippen molar-refractivity contribution in [2.75, 3.05) is 5.32 Å². The van der Waals surface area contributed by atoms with Crippen LogP contribution in [0.25, 0.3) is 0 Å². The number of aromatic nitrogens is 2. The van der Waals surface area contributed by atoms with E-state index >= 15 is 0 Å². The first-order valence-electron chi connectivity index (χ1n) is 6.59. The Morgan fingerprint density at radius 2 is 2.25 bits per heavy atom. The van der Waals surface area contributed by atoms with Gasteiger partial charge >= 0.3 is 0 Å². The van der Waals surface area contributed by atoms with Crippen molar-refractivity contribution in [3.63, 3.8) is 0 Å². The van der Waals surface area contributed by atoms with Crippen molar-refractivity contribution in [2.24, 2.45) is 5.92 Å². The summed E-state index contributed by atoms with van der Waals surface area (Å²) in [7, 11) is 0. The molecule has 1 aliphatic carbocycles. The maximum absolute atomic E-state index is 4.42. The quantitative estimate of drug-likeness (QED) is 0.845. The number of hydrogen-bond donors (Lipinski definition) is 1. The molecule has 1 aromatic heterocycles. The molecule has 1 aliphatic rings. The van der Waals surface area contributed by atoms with Gasteiger partial charge in [0.05, 0.1) is 0 Å². The van der Waals surface area contributed by atoms with Crippen LogP contribution in [0, 0.1) is 5.92 Å². The number of imidazole rings is 1. The van der Waals surface area contributed by atoms with Gasteiger partial charge in [0.1, 0.15) is 0 Å².